The molecule has 2 heterocycles. The number of carbonyl (C=O) groups is 1. The van der Waals surface area contributed by atoms with Gasteiger partial charge in [-0.15, -0.1) is 0 Å². The molecular weight excluding hydrogens is 244 g/mol. The first-order valence-corrected chi connectivity index (χ1v) is 6.69. The van der Waals surface area contributed by atoms with Crippen LogP contribution in [0.4, 0.5) is 4.79 Å². The summed E-state index contributed by atoms with van der Waals surface area (Å²) in [7, 11) is 1.64. The van der Waals surface area contributed by atoms with E-state index in [4.69, 9.17) is 4.74 Å². The van der Waals surface area contributed by atoms with Gasteiger partial charge in [-0.2, -0.15) is 0 Å². The molecule has 0 spiro atoms. The van der Waals surface area contributed by atoms with Crippen molar-refractivity contribution in [1.29, 1.82) is 0 Å². The Hall–Kier alpha value is -1.85. The molecule has 0 bridgehead atoms. The lowest BCUT2D eigenvalue weighted by atomic mass is 10.1. The van der Waals surface area contributed by atoms with Gasteiger partial charge >= 0.3 is 6.03 Å². The van der Waals surface area contributed by atoms with Gasteiger partial charge in [-0.3, -0.25) is 4.98 Å². The Morgan fingerprint density at radius 2 is 2.05 bits per heavy atom. The van der Waals surface area contributed by atoms with Crippen LogP contribution in [0, 0.1) is 0 Å². The Kier molecular flexibility index (Phi) is 6.63. The molecule has 0 aliphatic carbocycles. The van der Waals surface area contributed by atoms with Crippen LogP contribution in [0.15, 0.2) is 18.6 Å². The second-order valence-electron chi connectivity index (χ2n) is 3.90. The van der Waals surface area contributed by atoms with Crippen LogP contribution in [0.2, 0.25) is 0 Å². The average Bonchev–Trinajstić information content (AvgIpc) is 2.50. The highest BCUT2D eigenvalue weighted by Crippen LogP contribution is 2.16. The summed E-state index contributed by atoms with van der Waals surface area (Å²) >= 11 is 0. The Morgan fingerprint density at radius 3 is 2.58 bits per heavy atom. The minimum atomic E-state index is -0.0250. The van der Waals surface area contributed by atoms with Gasteiger partial charge in [0.1, 0.15) is 6.10 Å². The topological polar surface area (TPSA) is 67.4 Å². The summed E-state index contributed by atoms with van der Waals surface area (Å²) in [5.74, 6) is 0.547. The number of amides is 2. The maximum Gasteiger partial charge on any atom is 0.317 e. The van der Waals surface area contributed by atoms with E-state index < -0.39 is 0 Å². The third kappa shape index (κ3) is 4.73. The molecule has 2 amide bonds. The van der Waals surface area contributed by atoms with E-state index in [1.54, 1.807) is 30.5 Å². The summed E-state index contributed by atoms with van der Waals surface area (Å²) in [6.45, 7) is 5.43. The standard InChI is InChI=1S/C11H16N4O2.C2H6/c1-12-11(16)15-6-2-9(3-7-15)17-10-8-13-4-5-14-10;1-2/h4-5,8-9H,2-3,6-7H2,1H3,(H,12,16);1-2H3. The number of nitrogens with zero attached hydrogens (tertiary/aromatic N) is 3. The highest BCUT2D eigenvalue weighted by Gasteiger charge is 2.23. The molecule has 6 nitrogen and oxygen atoms in total. The van der Waals surface area contributed by atoms with Crippen molar-refractivity contribution in [3.8, 4) is 5.88 Å². The third-order valence-electron chi connectivity index (χ3n) is 2.77. The van der Waals surface area contributed by atoms with Gasteiger partial charge < -0.3 is 15.0 Å². The molecule has 0 unspecified atom stereocenters. The first-order valence-electron chi connectivity index (χ1n) is 6.69. The molecule has 1 aliphatic heterocycles. The number of ether oxygens (including phenoxy) is 1. The Bertz CT molecular complexity index is 364. The van der Waals surface area contributed by atoms with E-state index in [9.17, 15) is 4.79 Å². The molecule has 19 heavy (non-hydrogen) atoms. The van der Waals surface area contributed by atoms with Crippen LogP contribution in [0.1, 0.15) is 26.7 Å². The molecule has 1 aromatic rings. The van der Waals surface area contributed by atoms with Crippen molar-refractivity contribution in [3.63, 3.8) is 0 Å². The molecule has 0 radical (unpaired) electrons. The highest BCUT2D eigenvalue weighted by atomic mass is 16.5. The molecular formula is C13H22N4O2. The summed E-state index contributed by atoms with van der Waals surface area (Å²) in [5, 5.41) is 2.62. The van der Waals surface area contributed by atoms with Crippen LogP contribution in [-0.4, -0.2) is 47.1 Å². The van der Waals surface area contributed by atoms with Gasteiger partial charge in [0.25, 0.3) is 0 Å². The molecule has 0 atom stereocenters. The zero-order valence-electron chi connectivity index (χ0n) is 11.8. The Balaban J connectivity index is 0.000000861. The minimum Gasteiger partial charge on any atom is -0.473 e. The predicted octanol–water partition coefficient (Wildman–Crippen LogP) is 1.69. The lowest BCUT2D eigenvalue weighted by Gasteiger charge is -2.31. The average molecular weight is 266 g/mol. The molecule has 1 fully saturated rings. The Morgan fingerprint density at radius 1 is 1.37 bits per heavy atom. The van der Waals surface area contributed by atoms with Gasteiger partial charge in [-0.1, -0.05) is 13.8 Å². The molecule has 1 N–H and O–H groups in total. The van der Waals surface area contributed by atoms with Gasteiger partial charge in [0.15, 0.2) is 0 Å². The van der Waals surface area contributed by atoms with Crippen LogP contribution >= 0.6 is 0 Å². The maximum absolute atomic E-state index is 11.4. The van der Waals surface area contributed by atoms with E-state index in [2.05, 4.69) is 15.3 Å². The summed E-state index contributed by atoms with van der Waals surface area (Å²) in [4.78, 5) is 21.2. The molecule has 6 heteroatoms. The van der Waals surface area contributed by atoms with Crippen molar-refractivity contribution in [2.75, 3.05) is 20.1 Å². The van der Waals surface area contributed by atoms with E-state index in [1.807, 2.05) is 13.8 Å². The molecule has 0 saturated carbocycles. The number of likely N-dealkylation sites (tertiary alicyclic amines) is 1. The lowest BCUT2D eigenvalue weighted by Crippen LogP contribution is -2.45. The zero-order chi connectivity index (χ0) is 14.1. The molecule has 106 valence electrons. The fourth-order valence-electron chi connectivity index (χ4n) is 1.85. The monoisotopic (exact) mass is 266 g/mol. The Labute approximate surface area is 114 Å². The lowest BCUT2D eigenvalue weighted by molar-refractivity contribution is 0.108. The second kappa shape index (κ2) is 8.29. The second-order valence-corrected chi connectivity index (χ2v) is 3.90. The van der Waals surface area contributed by atoms with Crippen molar-refractivity contribution in [1.82, 2.24) is 20.2 Å². The number of urea groups is 1. The normalized spacial score (nSPS) is 15.2. The maximum atomic E-state index is 11.4. The van der Waals surface area contributed by atoms with Crippen LogP contribution in [0.3, 0.4) is 0 Å². The number of carbonyl (C=O) groups excluding carboxylic acids is 1. The van der Waals surface area contributed by atoms with Gasteiger partial charge in [0.05, 0.1) is 6.20 Å². The van der Waals surface area contributed by atoms with Crippen molar-refractivity contribution < 1.29 is 9.53 Å². The molecule has 0 aromatic carbocycles. The van der Waals surface area contributed by atoms with E-state index in [0.29, 0.717) is 19.0 Å². The fourth-order valence-corrected chi connectivity index (χ4v) is 1.85. The van der Waals surface area contributed by atoms with E-state index in [1.165, 1.54) is 0 Å². The fraction of sp³-hybridized carbons (Fsp3) is 0.615. The van der Waals surface area contributed by atoms with E-state index in [-0.39, 0.29) is 12.1 Å². The van der Waals surface area contributed by atoms with Crippen LogP contribution in [0.25, 0.3) is 0 Å². The van der Waals surface area contributed by atoms with Gasteiger partial charge in [-0.25, -0.2) is 9.78 Å². The molecule has 2 rings (SSSR count). The van der Waals surface area contributed by atoms with E-state index >= 15 is 0 Å². The summed E-state index contributed by atoms with van der Waals surface area (Å²) in [6, 6.07) is -0.0250. The number of hydrogen-bond donors (Lipinski definition) is 1. The summed E-state index contributed by atoms with van der Waals surface area (Å²) in [5.41, 5.74) is 0. The predicted molar refractivity (Wildman–Crippen MR) is 73.1 cm³/mol. The van der Waals surface area contributed by atoms with Crippen LogP contribution in [-0.2, 0) is 0 Å². The van der Waals surface area contributed by atoms with Gasteiger partial charge in [-0.05, 0) is 0 Å². The van der Waals surface area contributed by atoms with Crippen LogP contribution in [0.5, 0.6) is 5.88 Å². The smallest absolute Gasteiger partial charge is 0.317 e. The summed E-state index contributed by atoms with van der Waals surface area (Å²) < 4.78 is 5.69. The molecule has 1 aromatic heterocycles. The first-order chi connectivity index (χ1) is 9.29. The number of nitrogens with one attached hydrogen (secondary N) is 1. The minimum absolute atomic E-state index is 0.0250. The van der Waals surface area contributed by atoms with Crippen molar-refractivity contribution in [2.24, 2.45) is 0 Å². The largest absolute Gasteiger partial charge is 0.473 e. The van der Waals surface area contributed by atoms with Gasteiger partial charge in [0.2, 0.25) is 5.88 Å². The molecule has 1 aliphatic rings. The molecule has 1 saturated heterocycles. The van der Waals surface area contributed by atoms with Crippen molar-refractivity contribution in [2.45, 2.75) is 32.8 Å². The van der Waals surface area contributed by atoms with Gasteiger partial charge in [0, 0.05) is 45.4 Å². The number of hydrogen-bond acceptors (Lipinski definition) is 4. The zero-order valence-corrected chi connectivity index (χ0v) is 11.8. The quantitative estimate of drug-likeness (QED) is 0.884. The van der Waals surface area contributed by atoms with Crippen LogP contribution < -0.4 is 10.1 Å². The van der Waals surface area contributed by atoms with Crippen molar-refractivity contribution >= 4 is 6.03 Å². The highest BCUT2D eigenvalue weighted by molar-refractivity contribution is 5.73. The number of rotatable bonds is 2. The summed E-state index contributed by atoms with van der Waals surface area (Å²) in [6.07, 6.45) is 6.59. The number of aromatic nitrogens is 2. The SMILES string of the molecule is CC.CNC(=O)N1CCC(Oc2cnccn2)CC1. The van der Waals surface area contributed by atoms with Crippen molar-refractivity contribution in [3.05, 3.63) is 18.6 Å². The first kappa shape index (κ1) is 15.2. The number of piperidine rings is 1. The van der Waals surface area contributed by atoms with E-state index in [0.717, 1.165) is 12.8 Å². The third-order valence-corrected chi connectivity index (χ3v) is 2.77.